The fourth-order valence-corrected chi connectivity index (χ4v) is 1.39. The van der Waals surface area contributed by atoms with Gasteiger partial charge in [-0.2, -0.15) is 0 Å². The van der Waals surface area contributed by atoms with Gasteiger partial charge in [-0.15, -0.1) is 0 Å². The molecule has 0 saturated heterocycles. The maximum atomic E-state index is 5.66. The molecule has 0 unspecified atom stereocenters. The van der Waals surface area contributed by atoms with Gasteiger partial charge in [0.25, 0.3) is 0 Å². The number of rotatable bonds is 1. The fraction of sp³-hybridized carbons (Fsp3) is 0.500. The standard InChI is InChI=1S/C10H16N2/c1-6(2)9-5-10(11)12-8(4)7(9)3/h5-6H,1-4H3,(H2,11,12). The lowest BCUT2D eigenvalue weighted by atomic mass is 9.98. The first-order valence-electron chi connectivity index (χ1n) is 4.26. The van der Waals surface area contributed by atoms with Crippen LogP contribution in [0.4, 0.5) is 5.82 Å². The smallest absolute Gasteiger partial charge is 0.123 e. The van der Waals surface area contributed by atoms with Crippen molar-refractivity contribution in [2.45, 2.75) is 33.6 Å². The highest BCUT2D eigenvalue weighted by molar-refractivity contribution is 5.41. The first-order chi connectivity index (χ1) is 5.52. The molecular weight excluding hydrogens is 148 g/mol. The molecule has 0 aliphatic heterocycles. The van der Waals surface area contributed by atoms with Gasteiger partial charge in [0.1, 0.15) is 5.82 Å². The van der Waals surface area contributed by atoms with E-state index in [0.29, 0.717) is 11.7 Å². The second kappa shape index (κ2) is 3.13. The lowest BCUT2D eigenvalue weighted by Crippen LogP contribution is -2.01. The number of nitrogens with two attached hydrogens (primary N) is 1. The van der Waals surface area contributed by atoms with Crippen molar-refractivity contribution in [1.82, 2.24) is 4.98 Å². The largest absolute Gasteiger partial charge is 0.384 e. The number of aromatic nitrogens is 1. The molecule has 1 aromatic heterocycles. The molecule has 2 nitrogen and oxygen atoms in total. The van der Waals surface area contributed by atoms with E-state index in [1.165, 1.54) is 11.1 Å². The SMILES string of the molecule is Cc1nc(N)cc(C(C)C)c1C. The topological polar surface area (TPSA) is 38.9 Å². The zero-order valence-electron chi connectivity index (χ0n) is 8.18. The van der Waals surface area contributed by atoms with Crippen LogP contribution in [0.1, 0.15) is 36.6 Å². The molecule has 0 fully saturated rings. The lowest BCUT2D eigenvalue weighted by molar-refractivity contribution is 0.848. The molecule has 1 heterocycles. The Hall–Kier alpha value is -1.05. The number of aryl methyl sites for hydroxylation is 1. The molecule has 2 N–H and O–H groups in total. The number of nitrogens with zero attached hydrogens (tertiary/aromatic N) is 1. The van der Waals surface area contributed by atoms with Gasteiger partial charge in [0.15, 0.2) is 0 Å². The molecule has 0 radical (unpaired) electrons. The summed E-state index contributed by atoms with van der Waals surface area (Å²) in [6, 6.07) is 1.97. The minimum Gasteiger partial charge on any atom is -0.384 e. The molecule has 1 rings (SSSR count). The number of nitrogen functional groups attached to an aromatic ring is 1. The monoisotopic (exact) mass is 164 g/mol. The van der Waals surface area contributed by atoms with Gasteiger partial charge in [0.2, 0.25) is 0 Å². The van der Waals surface area contributed by atoms with Crippen LogP contribution in [0.3, 0.4) is 0 Å². The Bertz CT molecular complexity index is 290. The number of hydrogen-bond donors (Lipinski definition) is 1. The summed E-state index contributed by atoms with van der Waals surface area (Å²) in [6.07, 6.45) is 0. The summed E-state index contributed by atoms with van der Waals surface area (Å²) in [6.45, 7) is 8.43. The first-order valence-corrected chi connectivity index (χ1v) is 4.26. The average Bonchev–Trinajstić information content (AvgIpc) is 1.96. The van der Waals surface area contributed by atoms with Crippen LogP contribution in [-0.2, 0) is 0 Å². The Morgan fingerprint density at radius 2 is 1.92 bits per heavy atom. The van der Waals surface area contributed by atoms with Gasteiger partial charge in [-0.1, -0.05) is 13.8 Å². The van der Waals surface area contributed by atoms with Crippen LogP contribution in [0.2, 0.25) is 0 Å². The molecular formula is C10H16N2. The van der Waals surface area contributed by atoms with Gasteiger partial charge in [-0.05, 0) is 37.0 Å². The highest BCUT2D eigenvalue weighted by atomic mass is 14.8. The molecule has 0 spiro atoms. The quantitative estimate of drug-likeness (QED) is 0.692. The molecule has 0 saturated carbocycles. The Labute approximate surface area is 73.8 Å². The lowest BCUT2D eigenvalue weighted by Gasteiger charge is -2.11. The summed E-state index contributed by atoms with van der Waals surface area (Å²) in [5, 5.41) is 0. The molecule has 1 aromatic rings. The molecule has 2 heteroatoms. The van der Waals surface area contributed by atoms with E-state index in [-0.39, 0.29) is 0 Å². The van der Waals surface area contributed by atoms with E-state index in [9.17, 15) is 0 Å². The zero-order chi connectivity index (χ0) is 9.30. The van der Waals surface area contributed by atoms with Crippen molar-refractivity contribution in [3.8, 4) is 0 Å². The van der Waals surface area contributed by atoms with Crippen LogP contribution < -0.4 is 5.73 Å². The van der Waals surface area contributed by atoms with Crippen molar-refractivity contribution in [3.63, 3.8) is 0 Å². The van der Waals surface area contributed by atoms with Gasteiger partial charge in [-0.3, -0.25) is 0 Å². The molecule has 0 aliphatic rings. The zero-order valence-corrected chi connectivity index (χ0v) is 8.18. The van der Waals surface area contributed by atoms with Crippen molar-refractivity contribution in [2.75, 3.05) is 5.73 Å². The third kappa shape index (κ3) is 1.58. The summed E-state index contributed by atoms with van der Waals surface area (Å²) in [5.41, 5.74) is 9.26. The van der Waals surface area contributed by atoms with Crippen LogP contribution in [0.25, 0.3) is 0 Å². The number of hydrogen-bond acceptors (Lipinski definition) is 2. The van der Waals surface area contributed by atoms with Crippen molar-refractivity contribution in [3.05, 3.63) is 22.9 Å². The summed E-state index contributed by atoms with van der Waals surface area (Å²) in [5.74, 6) is 1.15. The van der Waals surface area contributed by atoms with Crippen LogP contribution in [-0.4, -0.2) is 4.98 Å². The van der Waals surface area contributed by atoms with Crippen molar-refractivity contribution in [2.24, 2.45) is 0 Å². The highest BCUT2D eigenvalue weighted by Crippen LogP contribution is 2.22. The van der Waals surface area contributed by atoms with E-state index in [2.05, 4.69) is 25.8 Å². The van der Waals surface area contributed by atoms with E-state index in [4.69, 9.17) is 5.73 Å². The minimum absolute atomic E-state index is 0.522. The summed E-state index contributed by atoms with van der Waals surface area (Å²) in [4.78, 5) is 4.19. The Balaban J connectivity index is 3.28. The van der Waals surface area contributed by atoms with Crippen LogP contribution in [0, 0.1) is 13.8 Å². The highest BCUT2D eigenvalue weighted by Gasteiger charge is 2.06. The second-order valence-corrected chi connectivity index (χ2v) is 3.50. The van der Waals surface area contributed by atoms with Gasteiger partial charge >= 0.3 is 0 Å². The van der Waals surface area contributed by atoms with Gasteiger partial charge in [0.05, 0.1) is 0 Å². The predicted molar refractivity (Wildman–Crippen MR) is 52.2 cm³/mol. The minimum atomic E-state index is 0.522. The third-order valence-electron chi connectivity index (χ3n) is 2.20. The summed E-state index contributed by atoms with van der Waals surface area (Å²) >= 11 is 0. The van der Waals surface area contributed by atoms with Gasteiger partial charge < -0.3 is 5.73 Å². The second-order valence-electron chi connectivity index (χ2n) is 3.50. The Morgan fingerprint density at radius 1 is 1.33 bits per heavy atom. The fourth-order valence-electron chi connectivity index (χ4n) is 1.39. The van der Waals surface area contributed by atoms with Crippen LogP contribution in [0.5, 0.6) is 0 Å². The predicted octanol–water partition coefficient (Wildman–Crippen LogP) is 2.40. The normalized spacial score (nSPS) is 10.8. The van der Waals surface area contributed by atoms with E-state index < -0.39 is 0 Å². The molecule has 66 valence electrons. The molecule has 0 aromatic carbocycles. The molecule has 0 atom stereocenters. The average molecular weight is 164 g/mol. The maximum Gasteiger partial charge on any atom is 0.123 e. The maximum absolute atomic E-state index is 5.66. The first kappa shape index (κ1) is 9.04. The summed E-state index contributed by atoms with van der Waals surface area (Å²) in [7, 11) is 0. The van der Waals surface area contributed by atoms with Crippen LogP contribution >= 0.6 is 0 Å². The molecule has 0 aliphatic carbocycles. The third-order valence-corrected chi connectivity index (χ3v) is 2.20. The molecule has 0 bridgehead atoms. The number of anilines is 1. The summed E-state index contributed by atoms with van der Waals surface area (Å²) < 4.78 is 0. The molecule has 0 amide bonds. The Morgan fingerprint density at radius 3 is 2.42 bits per heavy atom. The van der Waals surface area contributed by atoms with Gasteiger partial charge in [0, 0.05) is 5.69 Å². The van der Waals surface area contributed by atoms with Crippen molar-refractivity contribution in [1.29, 1.82) is 0 Å². The number of pyridine rings is 1. The van der Waals surface area contributed by atoms with E-state index in [1.54, 1.807) is 0 Å². The van der Waals surface area contributed by atoms with Crippen molar-refractivity contribution < 1.29 is 0 Å². The molecule has 12 heavy (non-hydrogen) atoms. The van der Waals surface area contributed by atoms with E-state index in [1.807, 2.05) is 13.0 Å². The van der Waals surface area contributed by atoms with E-state index >= 15 is 0 Å². The van der Waals surface area contributed by atoms with Crippen LogP contribution in [0.15, 0.2) is 6.07 Å². The van der Waals surface area contributed by atoms with E-state index in [0.717, 1.165) is 5.69 Å². The van der Waals surface area contributed by atoms with Gasteiger partial charge in [-0.25, -0.2) is 4.98 Å². The Kier molecular flexibility index (Phi) is 2.36. The van der Waals surface area contributed by atoms with Crippen molar-refractivity contribution >= 4 is 5.82 Å².